The first-order valence-electron chi connectivity index (χ1n) is 12.9. The molecule has 1 N–H and O–H groups in total. The van der Waals surface area contributed by atoms with Gasteiger partial charge >= 0.3 is 0 Å². The zero-order valence-electron chi connectivity index (χ0n) is 22.9. The maximum Gasteiger partial charge on any atom is 0.257 e. The minimum atomic E-state index is -1.10. The second kappa shape index (κ2) is 12.0. The number of benzene rings is 2. The zero-order valence-corrected chi connectivity index (χ0v) is 24.6. The van der Waals surface area contributed by atoms with E-state index in [0.29, 0.717) is 26.4 Å². The fourth-order valence-electron chi connectivity index (χ4n) is 4.88. The van der Waals surface area contributed by atoms with Gasteiger partial charge in [-0.05, 0) is 50.8 Å². The van der Waals surface area contributed by atoms with E-state index in [1.807, 2.05) is 52.5 Å². The molecule has 1 amide bonds. The van der Waals surface area contributed by atoms with Crippen molar-refractivity contribution in [1.82, 2.24) is 14.5 Å². The van der Waals surface area contributed by atoms with E-state index in [-0.39, 0.29) is 5.91 Å². The zero-order chi connectivity index (χ0) is 27.3. The SMILES string of the molecule is CC(C)S(C#Cc1cccc(-c2csc(NC(=O)c3ccc(Cn4ccnc4)cc3)n2)c1)(C(C)C)C(C)C. The Hall–Kier alpha value is -3.34. The van der Waals surface area contributed by atoms with E-state index in [1.54, 1.807) is 12.5 Å². The van der Waals surface area contributed by atoms with Crippen molar-refractivity contribution in [1.29, 1.82) is 0 Å². The molecule has 5 nitrogen and oxygen atoms in total. The first kappa shape index (κ1) is 27.7. The molecule has 0 bridgehead atoms. The molecule has 2 aromatic heterocycles. The molecule has 2 heterocycles. The Morgan fingerprint density at radius 3 is 2.37 bits per heavy atom. The third kappa shape index (κ3) is 6.20. The van der Waals surface area contributed by atoms with E-state index in [4.69, 9.17) is 0 Å². The molecular weight excluding hydrogens is 509 g/mol. The molecule has 0 aliphatic heterocycles. The normalized spacial score (nSPS) is 12.0. The lowest BCUT2D eigenvalue weighted by molar-refractivity contribution is 0.102. The predicted molar refractivity (Wildman–Crippen MR) is 163 cm³/mol. The van der Waals surface area contributed by atoms with Gasteiger partial charge in [0.1, 0.15) is 0 Å². The molecule has 0 aliphatic rings. The lowest BCUT2D eigenvalue weighted by Gasteiger charge is -2.46. The molecule has 0 saturated carbocycles. The van der Waals surface area contributed by atoms with Crippen LogP contribution in [0.15, 0.2) is 72.6 Å². The fourth-order valence-corrected chi connectivity index (χ4v) is 9.86. The molecule has 4 rings (SSSR count). The minimum absolute atomic E-state index is 0.171. The molecule has 2 aromatic carbocycles. The summed E-state index contributed by atoms with van der Waals surface area (Å²) in [6.07, 6.45) is 5.45. The monoisotopic (exact) mass is 544 g/mol. The van der Waals surface area contributed by atoms with Crippen molar-refractivity contribution in [3.8, 4) is 22.4 Å². The highest BCUT2D eigenvalue weighted by Gasteiger charge is 2.33. The summed E-state index contributed by atoms with van der Waals surface area (Å²) in [5, 5.41) is 10.8. The number of thiazole rings is 1. The van der Waals surface area contributed by atoms with E-state index >= 15 is 0 Å². The highest BCUT2D eigenvalue weighted by Crippen LogP contribution is 2.59. The van der Waals surface area contributed by atoms with E-state index < -0.39 is 10.0 Å². The summed E-state index contributed by atoms with van der Waals surface area (Å²) in [6.45, 7) is 14.6. The third-order valence-electron chi connectivity index (χ3n) is 6.74. The molecular formula is C31H36N4OS2. The number of carbonyl (C=O) groups is 1. The summed E-state index contributed by atoms with van der Waals surface area (Å²) in [5.74, 6) is 3.34. The van der Waals surface area contributed by atoms with Crippen molar-refractivity contribution in [2.24, 2.45) is 0 Å². The van der Waals surface area contributed by atoms with Crippen LogP contribution in [0.3, 0.4) is 0 Å². The van der Waals surface area contributed by atoms with Crippen LogP contribution in [0.4, 0.5) is 5.13 Å². The summed E-state index contributed by atoms with van der Waals surface area (Å²) in [5.41, 5.74) is 4.53. The van der Waals surface area contributed by atoms with Crippen LogP contribution in [0.2, 0.25) is 0 Å². The van der Waals surface area contributed by atoms with Gasteiger partial charge in [-0.3, -0.25) is 10.1 Å². The molecule has 0 radical (unpaired) electrons. The van der Waals surface area contributed by atoms with Gasteiger partial charge in [0.2, 0.25) is 0 Å². The Balaban J connectivity index is 1.47. The van der Waals surface area contributed by atoms with Crippen molar-refractivity contribution < 1.29 is 4.79 Å². The number of hydrogen-bond acceptors (Lipinski definition) is 4. The Morgan fingerprint density at radius 1 is 1.03 bits per heavy atom. The predicted octanol–water partition coefficient (Wildman–Crippen LogP) is 7.65. The van der Waals surface area contributed by atoms with E-state index in [2.05, 4.69) is 80.1 Å². The standard InChI is InChI=1S/C31H36N4OS2/c1-22(2)38(23(3)4,24(5)6)17-14-25-8-7-9-28(18-25)29-20-37-31(33-29)34-30(36)27-12-10-26(11-13-27)19-35-16-15-32-21-35/h7-13,15-16,18,20-24H,19H2,1-6H3,(H,33,34,36). The summed E-state index contributed by atoms with van der Waals surface area (Å²) < 4.78 is 1.99. The van der Waals surface area contributed by atoms with Gasteiger partial charge in [0, 0.05) is 41.0 Å². The van der Waals surface area contributed by atoms with Crippen LogP contribution < -0.4 is 5.32 Å². The number of carbonyl (C=O) groups excluding carboxylic acids is 1. The molecule has 0 fully saturated rings. The van der Waals surface area contributed by atoms with Crippen molar-refractivity contribution in [2.75, 3.05) is 5.32 Å². The lowest BCUT2D eigenvalue weighted by Crippen LogP contribution is -2.27. The number of nitrogens with one attached hydrogen (secondary N) is 1. The maximum absolute atomic E-state index is 12.8. The van der Waals surface area contributed by atoms with Gasteiger partial charge in [-0.2, -0.15) is 10.0 Å². The van der Waals surface area contributed by atoms with Gasteiger partial charge in [0.15, 0.2) is 5.13 Å². The maximum atomic E-state index is 12.8. The number of hydrogen-bond donors (Lipinski definition) is 1. The topological polar surface area (TPSA) is 59.8 Å². The van der Waals surface area contributed by atoms with Gasteiger partial charge < -0.3 is 4.57 Å². The quantitative estimate of drug-likeness (QED) is 0.232. The number of rotatable bonds is 8. The molecule has 198 valence electrons. The highest BCUT2D eigenvalue weighted by atomic mass is 32.3. The summed E-state index contributed by atoms with van der Waals surface area (Å²) in [6, 6.07) is 15.8. The average Bonchev–Trinajstić information content (AvgIpc) is 3.57. The first-order valence-corrected chi connectivity index (χ1v) is 15.6. The second-order valence-electron chi connectivity index (χ2n) is 10.1. The molecule has 7 heteroatoms. The van der Waals surface area contributed by atoms with E-state index in [9.17, 15) is 4.79 Å². The Labute approximate surface area is 232 Å². The van der Waals surface area contributed by atoms with Gasteiger partial charge in [0.25, 0.3) is 5.91 Å². The summed E-state index contributed by atoms with van der Waals surface area (Å²) in [4.78, 5) is 21.6. The molecule has 0 spiro atoms. The van der Waals surface area contributed by atoms with Crippen LogP contribution in [0, 0.1) is 11.2 Å². The molecule has 0 saturated heterocycles. The Bertz CT molecular complexity index is 1400. The van der Waals surface area contributed by atoms with Crippen LogP contribution in [-0.4, -0.2) is 36.2 Å². The number of imidazole rings is 1. The van der Waals surface area contributed by atoms with E-state index in [0.717, 1.165) is 28.9 Å². The molecule has 38 heavy (non-hydrogen) atoms. The first-order chi connectivity index (χ1) is 18.2. The van der Waals surface area contributed by atoms with Crippen LogP contribution >= 0.6 is 21.4 Å². The molecule has 0 aliphatic carbocycles. The minimum Gasteiger partial charge on any atom is -0.333 e. The summed E-state index contributed by atoms with van der Waals surface area (Å²) >= 11 is 1.42. The second-order valence-corrected chi connectivity index (χ2v) is 15.6. The number of nitrogens with zero attached hydrogens (tertiary/aromatic N) is 3. The van der Waals surface area contributed by atoms with Crippen LogP contribution in [0.1, 0.15) is 63.0 Å². The van der Waals surface area contributed by atoms with Crippen molar-refractivity contribution >= 4 is 32.4 Å². The lowest BCUT2D eigenvalue weighted by atomic mass is 10.1. The molecule has 0 atom stereocenters. The molecule has 0 unspecified atom stereocenters. The number of anilines is 1. The van der Waals surface area contributed by atoms with Gasteiger partial charge in [-0.15, -0.1) is 11.3 Å². The van der Waals surface area contributed by atoms with Crippen molar-refractivity contribution in [3.05, 3.63) is 89.3 Å². The van der Waals surface area contributed by atoms with Crippen LogP contribution in [-0.2, 0) is 6.54 Å². The van der Waals surface area contributed by atoms with Crippen LogP contribution in [0.25, 0.3) is 11.3 Å². The van der Waals surface area contributed by atoms with Gasteiger partial charge in [0.05, 0.1) is 12.0 Å². The number of aromatic nitrogens is 3. The van der Waals surface area contributed by atoms with Gasteiger partial charge in [-0.1, -0.05) is 71.7 Å². The third-order valence-corrected chi connectivity index (χ3v) is 12.6. The smallest absolute Gasteiger partial charge is 0.257 e. The van der Waals surface area contributed by atoms with E-state index in [1.165, 1.54) is 11.3 Å². The highest BCUT2D eigenvalue weighted by molar-refractivity contribution is 8.38. The summed E-state index contributed by atoms with van der Waals surface area (Å²) in [7, 11) is -1.10. The Morgan fingerprint density at radius 2 is 1.74 bits per heavy atom. The Kier molecular flexibility index (Phi) is 8.76. The molecule has 4 aromatic rings. The fraction of sp³-hybridized carbons (Fsp3) is 0.323. The average molecular weight is 545 g/mol. The van der Waals surface area contributed by atoms with Crippen molar-refractivity contribution in [3.63, 3.8) is 0 Å². The van der Waals surface area contributed by atoms with Gasteiger partial charge in [-0.25, -0.2) is 9.97 Å². The van der Waals surface area contributed by atoms with Crippen molar-refractivity contribution in [2.45, 2.75) is 63.8 Å². The largest absolute Gasteiger partial charge is 0.333 e. The van der Waals surface area contributed by atoms with Crippen LogP contribution in [0.5, 0.6) is 0 Å². The number of amides is 1.